The molecule has 0 aliphatic carbocycles. The van der Waals surface area contributed by atoms with Gasteiger partial charge in [-0.1, -0.05) is 31.9 Å². The summed E-state index contributed by atoms with van der Waals surface area (Å²) < 4.78 is 12.1. The average molecular weight is 338 g/mol. The van der Waals surface area contributed by atoms with Crippen molar-refractivity contribution in [3.63, 3.8) is 0 Å². The second kappa shape index (κ2) is 5.75. The Morgan fingerprint density at radius 1 is 1.33 bits per heavy atom. The molecule has 84 valence electrons. The highest BCUT2D eigenvalue weighted by Crippen LogP contribution is 2.37. The van der Waals surface area contributed by atoms with Crippen LogP contribution < -0.4 is 9.47 Å². The van der Waals surface area contributed by atoms with E-state index in [9.17, 15) is 0 Å². The Morgan fingerprint density at radius 2 is 2.00 bits per heavy atom. The van der Waals surface area contributed by atoms with E-state index in [2.05, 4.69) is 31.9 Å². The summed E-state index contributed by atoms with van der Waals surface area (Å²) in [5.41, 5.74) is 1.07. The van der Waals surface area contributed by atoms with Gasteiger partial charge in [-0.25, -0.2) is 0 Å². The summed E-state index contributed by atoms with van der Waals surface area (Å²) in [4.78, 5) is 0. The maximum Gasteiger partial charge on any atom is 0.165 e. The second-order valence-corrected chi connectivity index (χ2v) is 4.77. The lowest BCUT2D eigenvalue weighted by molar-refractivity contribution is 0.229. The fraction of sp³-hybridized carbons (Fsp3) is 0.455. The normalized spacial score (nSPS) is 10.5. The molecule has 0 saturated heterocycles. The molecule has 1 aromatic rings. The Balaban J connectivity index is 3.16. The first-order chi connectivity index (χ1) is 7.10. The summed E-state index contributed by atoms with van der Waals surface area (Å²) in [6.45, 7) is 3.99. The number of hydrogen-bond acceptors (Lipinski definition) is 2. The molecule has 0 N–H and O–H groups in total. The molecule has 0 fully saturated rings. The molecule has 0 atom stereocenters. The Kier molecular flexibility index (Phi) is 4.93. The maximum absolute atomic E-state index is 5.67. The van der Waals surface area contributed by atoms with Crippen LogP contribution in [-0.4, -0.2) is 13.2 Å². The van der Waals surface area contributed by atoms with Crippen molar-refractivity contribution in [3.05, 3.63) is 22.2 Å². The third kappa shape index (κ3) is 3.11. The first-order valence-electron chi connectivity index (χ1n) is 4.68. The van der Waals surface area contributed by atoms with Gasteiger partial charge in [-0.2, -0.15) is 0 Å². The number of methoxy groups -OCH3 is 1. The van der Waals surface area contributed by atoms with Gasteiger partial charge >= 0.3 is 0 Å². The van der Waals surface area contributed by atoms with Crippen LogP contribution in [0.4, 0.5) is 0 Å². The largest absolute Gasteiger partial charge is 0.493 e. The van der Waals surface area contributed by atoms with E-state index in [1.165, 1.54) is 0 Å². The zero-order valence-corrected chi connectivity index (χ0v) is 12.2. The Morgan fingerprint density at radius 3 is 2.47 bits per heavy atom. The summed E-state index contributed by atoms with van der Waals surface area (Å²) in [5.74, 6) is 1.57. The first-order valence-corrected chi connectivity index (χ1v) is 6.59. The predicted octanol–water partition coefficient (Wildman–Crippen LogP) is 4.14. The minimum Gasteiger partial charge on any atom is -0.493 e. The van der Waals surface area contributed by atoms with Crippen molar-refractivity contribution in [2.75, 3.05) is 7.11 Å². The minimum atomic E-state index is 0.142. The molecule has 0 amide bonds. The molecular weight excluding hydrogens is 324 g/mol. The van der Waals surface area contributed by atoms with Crippen molar-refractivity contribution >= 4 is 31.9 Å². The van der Waals surface area contributed by atoms with E-state index in [-0.39, 0.29) is 6.10 Å². The summed E-state index contributed by atoms with van der Waals surface area (Å²) >= 11 is 6.92. The molecule has 0 heterocycles. The van der Waals surface area contributed by atoms with Crippen LogP contribution in [-0.2, 0) is 5.33 Å². The van der Waals surface area contributed by atoms with Crippen LogP contribution >= 0.6 is 31.9 Å². The van der Waals surface area contributed by atoms with Crippen LogP contribution in [0.2, 0.25) is 0 Å². The summed E-state index contributed by atoms with van der Waals surface area (Å²) in [6.07, 6.45) is 0.142. The van der Waals surface area contributed by atoms with Gasteiger partial charge in [0.15, 0.2) is 11.5 Å². The van der Waals surface area contributed by atoms with Crippen molar-refractivity contribution in [1.82, 2.24) is 0 Å². The Hall–Kier alpha value is -0.220. The van der Waals surface area contributed by atoms with Crippen LogP contribution in [0.1, 0.15) is 19.4 Å². The number of alkyl halides is 1. The molecule has 0 aliphatic rings. The van der Waals surface area contributed by atoms with E-state index in [1.54, 1.807) is 7.11 Å². The SMILES string of the molecule is COc1c(OC(C)C)ccc(Br)c1CBr. The van der Waals surface area contributed by atoms with Gasteiger partial charge in [-0.3, -0.25) is 0 Å². The summed E-state index contributed by atoms with van der Waals surface area (Å²) in [5, 5.41) is 0.728. The zero-order chi connectivity index (χ0) is 11.4. The fourth-order valence-electron chi connectivity index (χ4n) is 1.28. The minimum absolute atomic E-state index is 0.142. The molecule has 0 bridgehead atoms. The number of rotatable bonds is 4. The average Bonchev–Trinajstić information content (AvgIpc) is 2.19. The molecular formula is C11H14Br2O2. The van der Waals surface area contributed by atoms with E-state index in [1.807, 2.05) is 26.0 Å². The van der Waals surface area contributed by atoms with E-state index in [0.29, 0.717) is 0 Å². The zero-order valence-electron chi connectivity index (χ0n) is 9.01. The van der Waals surface area contributed by atoms with Crippen LogP contribution in [0, 0.1) is 0 Å². The first kappa shape index (κ1) is 12.8. The molecule has 1 aromatic carbocycles. The number of halogens is 2. The molecule has 0 aliphatic heterocycles. The molecule has 0 spiro atoms. The van der Waals surface area contributed by atoms with E-state index >= 15 is 0 Å². The molecule has 4 heteroatoms. The van der Waals surface area contributed by atoms with Crippen molar-refractivity contribution in [2.24, 2.45) is 0 Å². The van der Waals surface area contributed by atoms with Gasteiger partial charge in [0, 0.05) is 15.4 Å². The smallest absolute Gasteiger partial charge is 0.165 e. The van der Waals surface area contributed by atoms with Gasteiger partial charge < -0.3 is 9.47 Å². The van der Waals surface area contributed by atoms with Gasteiger partial charge in [-0.15, -0.1) is 0 Å². The molecule has 0 saturated carbocycles. The monoisotopic (exact) mass is 336 g/mol. The van der Waals surface area contributed by atoms with Crippen molar-refractivity contribution in [1.29, 1.82) is 0 Å². The van der Waals surface area contributed by atoms with Crippen molar-refractivity contribution in [2.45, 2.75) is 25.3 Å². The second-order valence-electron chi connectivity index (χ2n) is 3.36. The topological polar surface area (TPSA) is 18.5 Å². The van der Waals surface area contributed by atoms with Crippen LogP contribution in [0.25, 0.3) is 0 Å². The highest BCUT2D eigenvalue weighted by atomic mass is 79.9. The number of benzene rings is 1. The van der Waals surface area contributed by atoms with Gasteiger partial charge in [0.2, 0.25) is 0 Å². The molecule has 2 nitrogen and oxygen atoms in total. The van der Waals surface area contributed by atoms with E-state index in [0.717, 1.165) is 26.9 Å². The standard InChI is InChI=1S/C11H14Br2O2/c1-7(2)15-10-5-4-9(13)8(6-12)11(10)14-3/h4-5,7H,6H2,1-3H3. The molecule has 15 heavy (non-hydrogen) atoms. The number of hydrogen-bond donors (Lipinski definition) is 0. The lowest BCUT2D eigenvalue weighted by atomic mass is 10.2. The van der Waals surface area contributed by atoms with Gasteiger partial charge in [0.05, 0.1) is 13.2 Å². The van der Waals surface area contributed by atoms with E-state index < -0.39 is 0 Å². The highest BCUT2D eigenvalue weighted by molar-refractivity contribution is 9.10. The quantitative estimate of drug-likeness (QED) is 0.769. The summed E-state index contributed by atoms with van der Waals surface area (Å²) in [6, 6.07) is 3.88. The number of ether oxygens (including phenoxy) is 2. The van der Waals surface area contributed by atoms with Gasteiger partial charge in [-0.05, 0) is 26.0 Å². The van der Waals surface area contributed by atoms with Gasteiger partial charge in [0.25, 0.3) is 0 Å². The Bertz CT molecular complexity index is 338. The van der Waals surface area contributed by atoms with Crippen LogP contribution in [0.5, 0.6) is 11.5 Å². The third-order valence-electron chi connectivity index (χ3n) is 1.87. The fourth-order valence-corrected chi connectivity index (χ4v) is 2.66. The van der Waals surface area contributed by atoms with Crippen molar-refractivity contribution in [3.8, 4) is 11.5 Å². The van der Waals surface area contributed by atoms with Crippen LogP contribution in [0.15, 0.2) is 16.6 Å². The molecule has 0 unspecified atom stereocenters. The maximum atomic E-state index is 5.67. The molecule has 0 aromatic heterocycles. The van der Waals surface area contributed by atoms with Crippen LogP contribution in [0.3, 0.4) is 0 Å². The van der Waals surface area contributed by atoms with E-state index in [4.69, 9.17) is 9.47 Å². The lowest BCUT2D eigenvalue weighted by Crippen LogP contribution is -2.07. The Labute approximate surface area is 107 Å². The molecule has 1 rings (SSSR count). The lowest BCUT2D eigenvalue weighted by Gasteiger charge is -2.16. The molecule has 0 radical (unpaired) electrons. The van der Waals surface area contributed by atoms with Crippen molar-refractivity contribution < 1.29 is 9.47 Å². The predicted molar refractivity (Wildman–Crippen MR) is 69.1 cm³/mol. The third-order valence-corrected chi connectivity index (χ3v) is 3.17. The highest BCUT2D eigenvalue weighted by Gasteiger charge is 2.13. The summed E-state index contributed by atoms with van der Waals surface area (Å²) in [7, 11) is 1.65. The van der Waals surface area contributed by atoms with Gasteiger partial charge in [0.1, 0.15) is 0 Å².